The fraction of sp³-hybridized carbons (Fsp3) is 0.400. The molecule has 118 valence electrons. The lowest BCUT2D eigenvalue weighted by Crippen LogP contribution is -2.56. The summed E-state index contributed by atoms with van der Waals surface area (Å²) in [6.07, 6.45) is 4.56. The topological polar surface area (TPSA) is 28.3 Å². The molecule has 4 atom stereocenters. The Morgan fingerprint density at radius 1 is 1.35 bits per heavy atom. The molecule has 3 fully saturated rings. The molecule has 1 N–H and O–H groups in total. The fourth-order valence-electron chi connectivity index (χ4n) is 5.01. The number of ether oxygens (including phenoxy) is 1. The molecule has 4 bridgehead atoms. The highest BCUT2D eigenvalue weighted by Gasteiger charge is 2.49. The molecule has 4 aliphatic heterocycles. The van der Waals surface area contributed by atoms with E-state index in [-0.39, 0.29) is 0 Å². The van der Waals surface area contributed by atoms with Crippen LogP contribution in [-0.4, -0.2) is 29.6 Å². The van der Waals surface area contributed by atoms with E-state index in [9.17, 15) is 0 Å². The summed E-state index contributed by atoms with van der Waals surface area (Å²) in [6, 6.07) is 7.42. The van der Waals surface area contributed by atoms with Crippen molar-refractivity contribution in [1.82, 2.24) is 9.88 Å². The van der Waals surface area contributed by atoms with Crippen LogP contribution in [0.3, 0.4) is 0 Å². The van der Waals surface area contributed by atoms with Crippen LogP contribution in [-0.2, 0) is 6.42 Å². The molecule has 0 aliphatic carbocycles. The van der Waals surface area contributed by atoms with Crippen LogP contribution in [0.25, 0.3) is 10.9 Å². The number of hydrogen-bond acceptors (Lipinski definition) is 2. The van der Waals surface area contributed by atoms with E-state index in [1.807, 2.05) is 0 Å². The first-order valence-electron chi connectivity index (χ1n) is 8.49. The van der Waals surface area contributed by atoms with Crippen LogP contribution < -0.4 is 4.74 Å². The maximum Gasteiger partial charge on any atom is 0.120 e. The molecule has 1 aromatic carbocycles. The first kappa shape index (κ1) is 13.4. The van der Waals surface area contributed by atoms with E-state index in [4.69, 9.17) is 4.74 Å². The van der Waals surface area contributed by atoms with Gasteiger partial charge in [-0.3, -0.25) is 4.90 Å². The number of methoxy groups -OCH3 is 1. The third-order valence-electron chi connectivity index (χ3n) is 6.20. The largest absolute Gasteiger partial charge is 0.497 e. The second-order valence-electron chi connectivity index (χ2n) is 7.06. The monoisotopic (exact) mass is 306 g/mol. The fourth-order valence-corrected chi connectivity index (χ4v) is 5.01. The molecule has 3 nitrogen and oxygen atoms in total. The number of fused-ring (bicyclic) bond motifs is 4. The SMILES string of the molecule is C=C1[C@@H]2C[C@H]3c4[nH]c5cc(OC)ccc5c4C[C@@H]1N3C/C2=C/C. The zero-order chi connectivity index (χ0) is 15.7. The lowest BCUT2D eigenvalue weighted by atomic mass is 9.68. The zero-order valence-electron chi connectivity index (χ0n) is 13.7. The summed E-state index contributed by atoms with van der Waals surface area (Å²) in [4.78, 5) is 6.37. The molecule has 3 saturated heterocycles. The Hall–Kier alpha value is -2.00. The number of allylic oxidation sites excluding steroid dienone is 1. The van der Waals surface area contributed by atoms with Crippen LogP contribution in [0.1, 0.15) is 30.6 Å². The quantitative estimate of drug-likeness (QED) is 0.807. The summed E-state index contributed by atoms with van der Waals surface area (Å²) >= 11 is 0. The van der Waals surface area contributed by atoms with E-state index in [1.54, 1.807) is 12.7 Å². The van der Waals surface area contributed by atoms with Gasteiger partial charge in [-0.15, -0.1) is 0 Å². The minimum atomic E-state index is 0.510. The summed E-state index contributed by atoms with van der Waals surface area (Å²) in [6.45, 7) is 7.74. The molecule has 0 amide bonds. The number of nitrogens with zero attached hydrogens (tertiary/aromatic N) is 1. The van der Waals surface area contributed by atoms with E-state index >= 15 is 0 Å². The number of piperidine rings is 3. The Morgan fingerprint density at radius 3 is 3.00 bits per heavy atom. The third kappa shape index (κ3) is 1.63. The second-order valence-corrected chi connectivity index (χ2v) is 7.06. The van der Waals surface area contributed by atoms with Gasteiger partial charge in [0, 0.05) is 41.2 Å². The van der Waals surface area contributed by atoms with Crippen molar-refractivity contribution in [3.05, 3.63) is 53.3 Å². The summed E-state index contributed by atoms with van der Waals surface area (Å²) < 4.78 is 5.38. The van der Waals surface area contributed by atoms with Gasteiger partial charge in [0.2, 0.25) is 0 Å². The van der Waals surface area contributed by atoms with Crippen LogP contribution in [0.4, 0.5) is 0 Å². The molecular formula is C20H22N2O. The molecule has 5 heterocycles. The van der Waals surface area contributed by atoms with Crippen LogP contribution >= 0.6 is 0 Å². The number of rotatable bonds is 1. The average molecular weight is 306 g/mol. The smallest absolute Gasteiger partial charge is 0.120 e. The maximum absolute atomic E-state index is 5.38. The van der Waals surface area contributed by atoms with Gasteiger partial charge in [-0.1, -0.05) is 23.8 Å². The van der Waals surface area contributed by atoms with Gasteiger partial charge in [0.15, 0.2) is 0 Å². The molecule has 0 saturated carbocycles. The standard InChI is InChI=1S/C20H22N2O/c1-4-12-10-22-18-9-16-14-6-5-13(23-3)7-17(14)21-20(16)19(22)8-15(12)11(18)2/h4-7,15,18-19,21H,2,8-10H2,1,3H3/b12-4-/t15-,18-,19-/m0/s1. The normalized spacial score (nSPS) is 33.3. The lowest BCUT2D eigenvalue weighted by molar-refractivity contribution is 0.0629. The van der Waals surface area contributed by atoms with E-state index in [0.717, 1.165) is 18.7 Å². The first-order valence-corrected chi connectivity index (χ1v) is 8.49. The molecular weight excluding hydrogens is 284 g/mol. The predicted molar refractivity (Wildman–Crippen MR) is 92.8 cm³/mol. The van der Waals surface area contributed by atoms with Crippen LogP contribution in [0.5, 0.6) is 5.75 Å². The minimum Gasteiger partial charge on any atom is -0.497 e. The molecule has 1 aromatic heterocycles. The Labute approximate surface area is 136 Å². The number of aromatic amines is 1. The van der Waals surface area contributed by atoms with Gasteiger partial charge in [0.25, 0.3) is 0 Å². The highest BCUT2D eigenvalue weighted by atomic mass is 16.5. The highest BCUT2D eigenvalue weighted by Crippen LogP contribution is 2.53. The number of nitrogens with one attached hydrogen (secondary N) is 1. The van der Waals surface area contributed by atoms with Crippen molar-refractivity contribution in [3.63, 3.8) is 0 Å². The van der Waals surface area contributed by atoms with E-state index in [1.165, 1.54) is 34.2 Å². The molecule has 0 spiro atoms. The Balaban J connectivity index is 1.68. The Bertz CT molecular complexity index is 860. The van der Waals surface area contributed by atoms with Crippen molar-refractivity contribution in [2.45, 2.75) is 31.8 Å². The summed E-state index contributed by atoms with van der Waals surface area (Å²) in [5.41, 5.74) is 7.11. The maximum atomic E-state index is 5.38. The molecule has 1 unspecified atom stereocenters. The van der Waals surface area contributed by atoms with Crippen molar-refractivity contribution in [2.24, 2.45) is 5.92 Å². The number of benzene rings is 1. The van der Waals surface area contributed by atoms with Gasteiger partial charge in [-0.05, 0) is 37.5 Å². The minimum absolute atomic E-state index is 0.510. The zero-order valence-corrected chi connectivity index (χ0v) is 13.7. The molecule has 0 radical (unpaired) electrons. The van der Waals surface area contributed by atoms with Crippen molar-refractivity contribution in [3.8, 4) is 5.75 Å². The van der Waals surface area contributed by atoms with E-state index in [2.05, 4.69) is 47.7 Å². The van der Waals surface area contributed by atoms with Crippen molar-refractivity contribution in [1.29, 1.82) is 0 Å². The van der Waals surface area contributed by atoms with Gasteiger partial charge >= 0.3 is 0 Å². The van der Waals surface area contributed by atoms with Gasteiger partial charge in [0.05, 0.1) is 13.2 Å². The van der Waals surface area contributed by atoms with E-state index < -0.39 is 0 Å². The van der Waals surface area contributed by atoms with Gasteiger partial charge in [-0.25, -0.2) is 0 Å². The summed E-state index contributed by atoms with van der Waals surface area (Å²) in [5, 5.41) is 1.36. The van der Waals surface area contributed by atoms with Crippen LogP contribution in [0, 0.1) is 5.92 Å². The molecule has 3 heteroatoms. The van der Waals surface area contributed by atoms with Crippen molar-refractivity contribution in [2.75, 3.05) is 13.7 Å². The molecule has 2 aromatic rings. The van der Waals surface area contributed by atoms with Gasteiger partial charge in [-0.2, -0.15) is 0 Å². The molecule has 4 aliphatic rings. The summed E-state index contributed by atoms with van der Waals surface area (Å²) in [7, 11) is 1.73. The van der Waals surface area contributed by atoms with Crippen LogP contribution in [0.2, 0.25) is 0 Å². The predicted octanol–water partition coefficient (Wildman–Crippen LogP) is 3.98. The lowest BCUT2D eigenvalue weighted by Gasteiger charge is -2.55. The van der Waals surface area contributed by atoms with Gasteiger partial charge in [0.1, 0.15) is 5.75 Å². The first-order chi connectivity index (χ1) is 11.2. The van der Waals surface area contributed by atoms with Gasteiger partial charge < -0.3 is 9.72 Å². The second kappa shape index (κ2) is 4.51. The van der Waals surface area contributed by atoms with Crippen LogP contribution in [0.15, 0.2) is 42.0 Å². The Morgan fingerprint density at radius 2 is 2.22 bits per heavy atom. The van der Waals surface area contributed by atoms with Crippen molar-refractivity contribution >= 4 is 10.9 Å². The molecule has 6 rings (SSSR count). The molecule has 23 heavy (non-hydrogen) atoms. The summed E-state index contributed by atoms with van der Waals surface area (Å²) in [5.74, 6) is 1.50. The van der Waals surface area contributed by atoms with E-state index in [0.29, 0.717) is 18.0 Å². The highest BCUT2D eigenvalue weighted by molar-refractivity contribution is 5.86. The number of hydrogen-bond donors (Lipinski definition) is 1. The Kier molecular flexibility index (Phi) is 2.64. The number of H-pyrrole nitrogens is 1. The third-order valence-corrected chi connectivity index (χ3v) is 6.20. The van der Waals surface area contributed by atoms with Crippen molar-refractivity contribution < 1.29 is 4.74 Å². The average Bonchev–Trinajstić information content (AvgIpc) is 2.95. The number of aromatic nitrogens is 1.